The largest absolute Gasteiger partial charge is 0.485 e. The van der Waals surface area contributed by atoms with Gasteiger partial charge in [-0.2, -0.15) is 0 Å². The summed E-state index contributed by atoms with van der Waals surface area (Å²) in [6.45, 7) is 3.16. The van der Waals surface area contributed by atoms with Crippen LogP contribution in [0.5, 0.6) is 5.75 Å². The Morgan fingerprint density at radius 1 is 0.962 bits per heavy atom. The number of nitrogens with zero attached hydrogens (tertiary/aromatic N) is 2. The number of hydrogen-bond donors (Lipinski definition) is 0. The Bertz CT molecular complexity index is 1050. The number of halogens is 1. The molecule has 4 rings (SSSR count). The Balaban J connectivity index is 1.68. The number of hydrogen-bond acceptors (Lipinski definition) is 2. The normalized spacial score (nSPS) is 11.0. The fourth-order valence-electron chi connectivity index (χ4n) is 3.09. The zero-order valence-electron chi connectivity index (χ0n) is 14.5. The van der Waals surface area contributed by atoms with E-state index in [0.29, 0.717) is 13.2 Å². The zero-order chi connectivity index (χ0) is 17.9. The third-order valence-electron chi connectivity index (χ3n) is 4.41. The highest BCUT2D eigenvalue weighted by Gasteiger charge is 2.12. The summed E-state index contributed by atoms with van der Waals surface area (Å²) < 4.78 is 8.24. The molecule has 0 aliphatic carbocycles. The number of ether oxygens (including phenoxy) is 1. The molecule has 0 amide bonds. The van der Waals surface area contributed by atoms with Crippen LogP contribution in [0.25, 0.3) is 11.0 Å². The first-order valence-corrected chi connectivity index (χ1v) is 8.95. The first-order valence-electron chi connectivity index (χ1n) is 8.58. The highest BCUT2D eigenvalue weighted by atomic mass is 35.5. The second-order valence-electron chi connectivity index (χ2n) is 6.29. The van der Waals surface area contributed by atoms with Gasteiger partial charge in [0.15, 0.2) is 0 Å². The first-order chi connectivity index (χ1) is 12.7. The molecule has 1 heterocycles. The molecule has 0 unspecified atom stereocenters. The van der Waals surface area contributed by atoms with Crippen molar-refractivity contribution in [3.8, 4) is 5.75 Å². The second-order valence-corrected chi connectivity index (χ2v) is 6.72. The van der Waals surface area contributed by atoms with Crippen LogP contribution in [0.2, 0.25) is 5.02 Å². The van der Waals surface area contributed by atoms with E-state index < -0.39 is 0 Å². The molecule has 3 aromatic carbocycles. The van der Waals surface area contributed by atoms with Gasteiger partial charge in [-0.15, -0.1) is 0 Å². The highest BCUT2D eigenvalue weighted by molar-refractivity contribution is 6.30. The summed E-state index contributed by atoms with van der Waals surface area (Å²) in [5.74, 6) is 1.78. The van der Waals surface area contributed by atoms with Crippen LogP contribution in [0.3, 0.4) is 0 Å². The second kappa shape index (κ2) is 7.22. The van der Waals surface area contributed by atoms with Crippen molar-refractivity contribution >= 4 is 22.6 Å². The third-order valence-corrected chi connectivity index (χ3v) is 4.65. The van der Waals surface area contributed by atoms with Crippen molar-refractivity contribution in [2.24, 2.45) is 0 Å². The monoisotopic (exact) mass is 362 g/mol. The Kier molecular flexibility index (Phi) is 4.63. The van der Waals surface area contributed by atoms with Crippen molar-refractivity contribution in [2.45, 2.75) is 20.1 Å². The van der Waals surface area contributed by atoms with Gasteiger partial charge in [0.25, 0.3) is 0 Å². The summed E-state index contributed by atoms with van der Waals surface area (Å²) in [5.41, 5.74) is 4.32. The first kappa shape index (κ1) is 16.7. The minimum absolute atomic E-state index is 0.417. The maximum absolute atomic E-state index is 6.15. The van der Waals surface area contributed by atoms with Crippen molar-refractivity contribution in [2.75, 3.05) is 0 Å². The molecule has 0 aliphatic heterocycles. The van der Waals surface area contributed by atoms with Gasteiger partial charge >= 0.3 is 0 Å². The summed E-state index contributed by atoms with van der Waals surface area (Å²) in [4.78, 5) is 4.78. The van der Waals surface area contributed by atoms with Gasteiger partial charge in [-0.25, -0.2) is 4.98 Å². The van der Waals surface area contributed by atoms with Crippen LogP contribution >= 0.6 is 11.6 Å². The highest BCUT2D eigenvalue weighted by Crippen LogP contribution is 2.22. The summed E-state index contributed by atoms with van der Waals surface area (Å²) >= 11 is 6.15. The molecule has 130 valence electrons. The Morgan fingerprint density at radius 3 is 2.62 bits per heavy atom. The van der Waals surface area contributed by atoms with Crippen LogP contribution in [-0.2, 0) is 13.2 Å². The van der Waals surface area contributed by atoms with Gasteiger partial charge in [-0.3, -0.25) is 0 Å². The lowest BCUT2D eigenvalue weighted by Crippen LogP contribution is -2.08. The Hall–Kier alpha value is -2.78. The van der Waals surface area contributed by atoms with Gasteiger partial charge in [0, 0.05) is 11.6 Å². The fourth-order valence-corrected chi connectivity index (χ4v) is 3.30. The van der Waals surface area contributed by atoms with Gasteiger partial charge in [-0.05, 0) is 48.4 Å². The number of aryl methyl sites for hydroxylation is 1. The number of aromatic nitrogens is 2. The summed E-state index contributed by atoms with van der Waals surface area (Å²) in [6.07, 6.45) is 0. The third kappa shape index (κ3) is 3.44. The molecule has 0 atom stereocenters. The van der Waals surface area contributed by atoms with Crippen LogP contribution < -0.4 is 4.74 Å². The van der Waals surface area contributed by atoms with E-state index in [4.69, 9.17) is 21.3 Å². The molecular formula is C22H19ClN2O. The molecule has 0 fully saturated rings. The predicted octanol–water partition coefficient (Wildman–Crippen LogP) is 5.63. The number of fused-ring (bicyclic) bond motifs is 1. The molecular weight excluding hydrogens is 344 g/mol. The fraction of sp³-hybridized carbons (Fsp3) is 0.136. The Labute approximate surface area is 157 Å². The number of imidazole rings is 1. The average Bonchev–Trinajstić information content (AvgIpc) is 2.99. The van der Waals surface area contributed by atoms with Crippen molar-refractivity contribution in [3.63, 3.8) is 0 Å². The SMILES string of the molecule is Cc1ccccc1OCc1nc2ccccc2n1Cc1cccc(Cl)c1. The molecule has 0 saturated carbocycles. The average molecular weight is 363 g/mol. The number of benzene rings is 3. The molecule has 4 heteroatoms. The van der Waals surface area contributed by atoms with Crippen LogP contribution in [0.15, 0.2) is 72.8 Å². The lowest BCUT2D eigenvalue weighted by molar-refractivity contribution is 0.289. The minimum Gasteiger partial charge on any atom is -0.485 e. The molecule has 0 spiro atoms. The maximum Gasteiger partial charge on any atom is 0.148 e. The molecule has 4 aromatic rings. The van der Waals surface area contributed by atoms with E-state index in [2.05, 4.69) is 16.7 Å². The quantitative estimate of drug-likeness (QED) is 0.460. The van der Waals surface area contributed by atoms with E-state index >= 15 is 0 Å². The van der Waals surface area contributed by atoms with E-state index in [1.165, 1.54) is 0 Å². The molecule has 0 aliphatic rings. The lowest BCUT2D eigenvalue weighted by Gasteiger charge is -2.12. The number of para-hydroxylation sites is 3. The van der Waals surface area contributed by atoms with Gasteiger partial charge in [0.2, 0.25) is 0 Å². The topological polar surface area (TPSA) is 27.1 Å². The number of rotatable bonds is 5. The molecule has 26 heavy (non-hydrogen) atoms. The molecule has 0 bridgehead atoms. The molecule has 3 nitrogen and oxygen atoms in total. The van der Waals surface area contributed by atoms with Gasteiger partial charge in [0.05, 0.1) is 11.0 Å². The van der Waals surface area contributed by atoms with E-state index in [-0.39, 0.29) is 0 Å². The molecule has 0 N–H and O–H groups in total. The Morgan fingerprint density at radius 2 is 1.77 bits per heavy atom. The summed E-state index contributed by atoms with van der Waals surface area (Å²) in [6, 6.07) is 24.1. The standard InChI is InChI=1S/C22H19ClN2O/c1-16-7-2-5-12-21(16)26-15-22-24-19-10-3-4-11-20(19)25(22)14-17-8-6-9-18(23)13-17/h2-13H,14-15H2,1H3. The minimum atomic E-state index is 0.417. The zero-order valence-corrected chi connectivity index (χ0v) is 15.3. The smallest absolute Gasteiger partial charge is 0.148 e. The van der Waals surface area contributed by atoms with Crippen LogP contribution in [0.4, 0.5) is 0 Å². The van der Waals surface area contributed by atoms with Crippen molar-refractivity contribution in [1.29, 1.82) is 0 Å². The van der Waals surface area contributed by atoms with Gasteiger partial charge < -0.3 is 9.30 Å². The van der Waals surface area contributed by atoms with Crippen molar-refractivity contribution in [1.82, 2.24) is 9.55 Å². The lowest BCUT2D eigenvalue weighted by atomic mass is 10.2. The predicted molar refractivity (Wildman–Crippen MR) is 106 cm³/mol. The van der Waals surface area contributed by atoms with Crippen LogP contribution in [0.1, 0.15) is 17.0 Å². The van der Waals surface area contributed by atoms with E-state index in [1.54, 1.807) is 0 Å². The molecule has 1 aromatic heterocycles. The van der Waals surface area contributed by atoms with Gasteiger partial charge in [0.1, 0.15) is 18.2 Å². The van der Waals surface area contributed by atoms with Crippen LogP contribution in [-0.4, -0.2) is 9.55 Å². The van der Waals surface area contributed by atoms with Crippen molar-refractivity contribution < 1.29 is 4.74 Å². The summed E-state index contributed by atoms with van der Waals surface area (Å²) in [5, 5.41) is 0.740. The van der Waals surface area contributed by atoms with Gasteiger partial charge in [-0.1, -0.05) is 54.1 Å². The van der Waals surface area contributed by atoms with Crippen molar-refractivity contribution in [3.05, 3.63) is 94.8 Å². The van der Waals surface area contributed by atoms with E-state index in [9.17, 15) is 0 Å². The molecule has 0 saturated heterocycles. The van der Waals surface area contributed by atoms with E-state index in [0.717, 1.165) is 38.8 Å². The molecule has 0 radical (unpaired) electrons. The van der Waals surface area contributed by atoms with Crippen LogP contribution in [0, 0.1) is 6.92 Å². The van der Waals surface area contributed by atoms with E-state index in [1.807, 2.05) is 67.6 Å². The maximum atomic E-state index is 6.15. The summed E-state index contributed by atoms with van der Waals surface area (Å²) in [7, 11) is 0.